The fourth-order valence-corrected chi connectivity index (χ4v) is 0.815. The average molecular weight is 184 g/mol. The fourth-order valence-electron chi connectivity index (χ4n) is 0.815. The van der Waals surface area contributed by atoms with Crippen LogP contribution < -0.4 is 16.7 Å². The van der Waals surface area contributed by atoms with E-state index in [1.165, 1.54) is 6.20 Å². The van der Waals surface area contributed by atoms with E-state index in [9.17, 15) is 9.59 Å². The summed E-state index contributed by atoms with van der Waals surface area (Å²) in [7, 11) is 0. The second-order valence-electron chi connectivity index (χ2n) is 2.77. The summed E-state index contributed by atoms with van der Waals surface area (Å²) >= 11 is 0. The molecule has 0 saturated carbocycles. The molecule has 1 aromatic rings. The molecule has 1 aromatic heterocycles. The molecule has 1 heterocycles. The Labute approximate surface area is 74.5 Å². The molecule has 0 aliphatic rings. The number of hydrogen-bond acceptors (Lipinski definition) is 3. The van der Waals surface area contributed by atoms with Crippen LogP contribution in [0.15, 0.2) is 11.0 Å². The maximum Gasteiger partial charge on any atom is 0.323 e. The maximum absolute atomic E-state index is 11.3. The van der Waals surface area contributed by atoms with E-state index < -0.39 is 5.69 Å². The third kappa shape index (κ3) is 2.45. The van der Waals surface area contributed by atoms with Crippen molar-refractivity contribution in [1.82, 2.24) is 15.3 Å². The summed E-state index contributed by atoms with van der Waals surface area (Å²) in [6, 6.07) is -0.106. The van der Waals surface area contributed by atoms with Crippen molar-refractivity contribution in [2.45, 2.75) is 13.0 Å². The van der Waals surface area contributed by atoms with Gasteiger partial charge in [-0.1, -0.05) is 0 Å². The highest BCUT2D eigenvalue weighted by Gasteiger charge is 2.09. The van der Waals surface area contributed by atoms with Crippen molar-refractivity contribution in [3.8, 4) is 0 Å². The van der Waals surface area contributed by atoms with Crippen LogP contribution in [-0.2, 0) is 0 Å². The summed E-state index contributed by atoms with van der Waals surface area (Å²) in [6.07, 6.45) is 1.32. The highest BCUT2D eigenvalue weighted by Crippen LogP contribution is 1.88. The minimum absolute atomic E-state index is 0.106. The second-order valence-corrected chi connectivity index (χ2v) is 2.77. The van der Waals surface area contributed by atoms with Gasteiger partial charge in [-0.15, -0.1) is 0 Å². The molecule has 1 atom stereocenters. The molecule has 0 spiro atoms. The van der Waals surface area contributed by atoms with Crippen molar-refractivity contribution >= 4 is 5.91 Å². The van der Waals surface area contributed by atoms with Gasteiger partial charge in [0.1, 0.15) is 5.69 Å². The van der Waals surface area contributed by atoms with Gasteiger partial charge in [0.2, 0.25) is 0 Å². The Morgan fingerprint density at radius 3 is 2.92 bits per heavy atom. The van der Waals surface area contributed by atoms with Crippen LogP contribution in [0.4, 0.5) is 0 Å². The number of H-pyrrole nitrogens is 2. The Morgan fingerprint density at radius 2 is 2.46 bits per heavy atom. The fraction of sp³-hybridized carbons (Fsp3) is 0.429. The number of hydrogen-bond donors (Lipinski definition) is 4. The summed E-state index contributed by atoms with van der Waals surface area (Å²) in [5, 5.41) is 2.61. The zero-order valence-corrected chi connectivity index (χ0v) is 7.26. The molecule has 0 saturated heterocycles. The third-order valence-corrected chi connectivity index (χ3v) is 1.57. The molecule has 1 unspecified atom stereocenters. The van der Waals surface area contributed by atoms with Gasteiger partial charge in [0.05, 0.1) is 0 Å². The van der Waals surface area contributed by atoms with E-state index in [1.807, 2.05) is 0 Å². The first-order valence-corrected chi connectivity index (χ1v) is 3.92. The summed E-state index contributed by atoms with van der Waals surface area (Å²) in [6.45, 7) is 2.14. The molecule has 6 heteroatoms. The molecule has 0 aliphatic carbocycles. The van der Waals surface area contributed by atoms with E-state index in [1.54, 1.807) is 6.92 Å². The van der Waals surface area contributed by atoms with E-state index in [4.69, 9.17) is 5.73 Å². The predicted octanol–water partition coefficient (Wildman–Crippen LogP) is -1.22. The van der Waals surface area contributed by atoms with Gasteiger partial charge in [-0.05, 0) is 6.92 Å². The molecular weight excluding hydrogens is 172 g/mol. The van der Waals surface area contributed by atoms with Gasteiger partial charge >= 0.3 is 5.69 Å². The smallest absolute Gasteiger partial charge is 0.323 e. The summed E-state index contributed by atoms with van der Waals surface area (Å²) in [5.41, 5.74) is 5.12. The van der Waals surface area contributed by atoms with E-state index in [0.717, 1.165) is 0 Å². The first kappa shape index (κ1) is 9.53. The van der Waals surface area contributed by atoms with E-state index in [0.29, 0.717) is 6.54 Å². The molecule has 0 bridgehead atoms. The highest BCUT2D eigenvalue weighted by atomic mass is 16.2. The van der Waals surface area contributed by atoms with Crippen LogP contribution in [0.25, 0.3) is 0 Å². The Hall–Kier alpha value is -1.56. The van der Waals surface area contributed by atoms with Gasteiger partial charge in [0.25, 0.3) is 5.91 Å². The summed E-state index contributed by atoms with van der Waals surface area (Å²) < 4.78 is 0. The molecule has 0 aromatic carbocycles. The largest absolute Gasteiger partial charge is 0.347 e. The van der Waals surface area contributed by atoms with Crippen LogP contribution in [0.5, 0.6) is 0 Å². The molecule has 0 aliphatic heterocycles. The number of carbonyl (C=O) groups is 1. The number of imidazole rings is 1. The Morgan fingerprint density at radius 1 is 1.77 bits per heavy atom. The van der Waals surface area contributed by atoms with Crippen molar-refractivity contribution in [1.29, 1.82) is 0 Å². The summed E-state index contributed by atoms with van der Waals surface area (Å²) in [5.74, 6) is -0.337. The maximum atomic E-state index is 11.3. The SMILES string of the molecule is CC(CN)NC(=O)c1c[nH]c(=O)[nH]1. The molecule has 1 rings (SSSR count). The minimum Gasteiger partial charge on any atom is -0.347 e. The summed E-state index contributed by atoms with van der Waals surface area (Å²) in [4.78, 5) is 26.6. The van der Waals surface area contributed by atoms with Crippen molar-refractivity contribution in [2.24, 2.45) is 5.73 Å². The molecule has 0 fully saturated rings. The Kier molecular flexibility index (Phi) is 2.86. The lowest BCUT2D eigenvalue weighted by atomic mass is 10.3. The van der Waals surface area contributed by atoms with E-state index >= 15 is 0 Å². The zero-order chi connectivity index (χ0) is 9.84. The molecule has 72 valence electrons. The van der Waals surface area contributed by atoms with Crippen LogP contribution in [0.1, 0.15) is 17.4 Å². The lowest BCUT2D eigenvalue weighted by Gasteiger charge is -2.09. The zero-order valence-electron chi connectivity index (χ0n) is 7.26. The van der Waals surface area contributed by atoms with Crippen LogP contribution in [0.2, 0.25) is 0 Å². The highest BCUT2D eigenvalue weighted by molar-refractivity contribution is 5.92. The van der Waals surface area contributed by atoms with E-state index in [2.05, 4.69) is 15.3 Å². The van der Waals surface area contributed by atoms with Crippen LogP contribution >= 0.6 is 0 Å². The van der Waals surface area contributed by atoms with Crippen molar-refractivity contribution < 1.29 is 4.79 Å². The van der Waals surface area contributed by atoms with E-state index in [-0.39, 0.29) is 17.6 Å². The van der Waals surface area contributed by atoms with Gasteiger partial charge in [-0.3, -0.25) is 4.79 Å². The number of carbonyl (C=O) groups excluding carboxylic acids is 1. The number of nitrogens with two attached hydrogens (primary N) is 1. The normalized spacial score (nSPS) is 12.5. The van der Waals surface area contributed by atoms with Crippen LogP contribution in [-0.4, -0.2) is 28.5 Å². The molecule has 13 heavy (non-hydrogen) atoms. The van der Waals surface area contributed by atoms with Crippen LogP contribution in [0, 0.1) is 0 Å². The quantitative estimate of drug-likeness (QED) is 0.473. The molecule has 1 amide bonds. The van der Waals surface area contributed by atoms with Gasteiger partial charge in [-0.2, -0.15) is 0 Å². The second kappa shape index (κ2) is 3.90. The van der Waals surface area contributed by atoms with Crippen molar-refractivity contribution in [3.63, 3.8) is 0 Å². The standard InChI is InChI=1S/C7H12N4O2/c1-4(2-8)10-6(12)5-3-9-7(13)11-5/h3-4H,2,8H2,1H3,(H,10,12)(H2,9,11,13). The first-order valence-electron chi connectivity index (χ1n) is 3.92. The lowest BCUT2D eigenvalue weighted by molar-refractivity contribution is 0.0936. The average Bonchev–Trinajstić information content (AvgIpc) is 2.51. The molecule has 6 nitrogen and oxygen atoms in total. The Balaban J connectivity index is 2.64. The molecular formula is C7H12N4O2. The predicted molar refractivity (Wildman–Crippen MR) is 47.4 cm³/mol. The number of rotatable bonds is 3. The van der Waals surface area contributed by atoms with Gasteiger partial charge in [-0.25, -0.2) is 4.79 Å². The van der Waals surface area contributed by atoms with Crippen molar-refractivity contribution in [3.05, 3.63) is 22.4 Å². The van der Waals surface area contributed by atoms with Crippen molar-refractivity contribution in [2.75, 3.05) is 6.54 Å². The van der Waals surface area contributed by atoms with Gasteiger partial charge < -0.3 is 21.0 Å². The number of nitrogens with one attached hydrogen (secondary N) is 3. The van der Waals surface area contributed by atoms with Crippen LogP contribution in [0.3, 0.4) is 0 Å². The Bertz CT molecular complexity index is 340. The number of aromatic amines is 2. The first-order chi connectivity index (χ1) is 6.13. The number of amides is 1. The number of aromatic nitrogens is 2. The monoisotopic (exact) mass is 184 g/mol. The molecule has 5 N–H and O–H groups in total. The third-order valence-electron chi connectivity index (χ3n) is 1.57. The minimum atomic E-state index is -0.398. The lowest BCUT2D eigenvalue weighted by Crippen LogP contribution is -2.38. The topological polar surface area (TPSA) is 104 Å². The molecule has 0 radical (unpaired) electrons. The van der Waals surface area contributed by atoms with Gasteiger partial charge in [0.15, 0.2) is 0 Å². The van der Waals surface area contributed by atoms with Gasteiger partial charge in [0, 0.05) is 18.8 Å².